The van der Waals surface area contributed by atoms with Gasteiger partial charge in [0.25, 0.3) is 0 Å². The third-order valence-corrected chi connectivity index (χ3v) is 7.40. The van der Waals surface area contributed by atoms with E-state index in [1.807, 2.05) is 79.2 Å². The van der Waals surface area contributed by atoms with Crippen LogP contribution in [0.4, 0.5) is 0 Å². The lowest BCUT2D eigenvalue weighted by Crippen LogP contribution is -2.34. The largest absolute Gasteiger partial charge is 0.342 e. The second-order valence-corrected chi connectivity index (χ2v) is 10.1. The summed E-state index contributed by atoms with van der Waals surface area (Å²) in [5.74, 6) is 0.431. The molecule has 0 saturated carbocycles. The van der Waals surface area contributed by atoms with Gasteiger partial charge in [0.15, 0.2) is 0 Å². The number of carbonyl (C=O) groups excluding carboxylic acids is 1. The molecule has 1 aromatic heterocycles. The van der Waals surface area contributed by atoms with E-state index in [0.717, 1.165) is 22.2 Å². The van der Waals surface area contributed by atoms with E-state index in [2.05, 4.69) is 10.0 Å². The van der Waals surface area contributed by atoms with Crippen LogP contribution in [0.3, 0.4) is 0 Å². The molecule has 176 valence electrons. The number of fused-ring (bicyclic) bond motifs is 1. The molecule has 0 aliphatic heterocycles. The Hall–Kier alpha value is -3.49. The van der Waals surface area contributed by atoms with E-state index in [4.69, 9.17) is 4.98 Å². The van der Waals surface area contributed by atoms with Crippen LogP contribution in [0, 0.1) is 13.8 Å². The summed E-state index contributed by atoms with van der Waals surface area (Å²) in [6.07, 6.45) is -0.00256. The van der Waals surface area contributed by atoms with Gasteiger partial charge < -0.3 is 9.88 Å². The number of imidazole rings is 1. The third-order valence-electron chi connectivity index (χ3n) is 5.78. The summed E-state index contributed by atoms with van der Waals surface area (Å²) < 4.78 is 29.9. The molecule has 0 saturated heterocycles. The second kappa shape index (κ2) is 9.79. The molecule has 1 amide bonds. The van der Waals surface area contributed by atoms with Crippen molar-refractivity contribution >= 4 is 27.0 Å². The smallest absolute Gasteiger partial charge is 0.240 e. The first-order valence-corrected chi connectivity index (χ1v) is 12.6. The van der Waals surface area contributed by atoms with Crippen molar-refractivity contribution in [3.05, 3.63) is 95.3 Å². The monoisotopic (exact) mass is 476 g/mol. The Bertz CT molecular complexity index is 1430. The molecular formula is C26H28N4O3S. The number of hydrogen-bond donors (Lipinski definition) is 2. The van der Waals surface area contributed by atoms with Crippen molar-refractivity contribution in [3.8, 4) is 0 Å². The molecule has 2 N–H and O–H groups in total. The molecule has 1 unspecified atom stereocenters. The predicted molar refractivity (Wildman–Crippen MR) is 133 cm³/mol. The predicted octanol–water partition coefficient (Wildman–Crippen LogP) is 3.76. The van der Waals surface area contributed by atoms with Crippen LogP contribution in [0.15, 0.2) is 77.7 Å². The van der Waals surface area contributed by atoms with Gasteiger partial charge in [-0.3, -0.25) is 4.79 Å². The standard InChI is InChI=1S/C26H28N4O3S/c1-18-13-14-23(19(2)17-18)34(32,33)27-16-15-24(31)29-25(20-9-5-4-6-10-20)26-28-21-11-7-8-12-22(21)30(26)3/h4-14,17,25,27H,15-16H2,1-3H3,(H,29,31). The average Bonchev–Trinajstić information content (AvgIpc) is 3.14. The van der Waals surface area contributed by atoms with Crippen molar-refractivity contribution in [2.24, 2.45) is 7.05 Å². The number of benzene rings is 3. The Morgan fingerprint density at radius 1 is 1.00 bits per heavy atom. The molecule has 1 heterocycles. The SMILES string of the molecule is Cc1ccc(S(=O)(=O)NCCC(=O)NC(c2ccccc2)c2nc3ccccc3n2C)c(C)c1. The summed E-state index contributed by atoms with van der Waals surface area (Å²) in [7, 11) is -1.79. The van der Waals surface area contributed by atoms with Gasteiger partial charge in [-0.1, -0.05) is 60.2 Å². The van der Waals surface area contributed by atoms with Gasteiger partial charge in [0.05, 0.1) is 15.9 Å². The Labute approximate surface area is 199 Å². The van der Waals surface area contributed by atoms with Crippen LogP contribution >= 0.6 is 0 Å². The van der Waals surface area contributed by atoms with Gasteiger partial charge in [0, 0.05) is 20.0 Å². The van der Waals surface area contributed by atoms with Gasteiger partial charge in [-0.2, -0.15) is 0 Å². The number of para-hydroxylation sites is 2. The number of aryl methyl sites for hydroxylation is 3. The highest BCUT2D eigenvalue weighted by atomic mass is 32.2. The number of sulfonamides is 1. The highest BCUT2D eigenvalue weighted by molar-refractivity contribution is 7.89. The van der Waals surface area contributed by atoms with Crippen molar-refractivity contribution < 1.29 is 13.2 Å². The van der Waals surface area contributed by atoms with Gasteiger partial charge in [-0.25, -0.2) is 18.1 Å². The lowest BCUT2D eigenvalue weighted by molar-refractivity contribution is -0.121. The Morgan fingerprint density at radius 3 is 2.41 bits per heavy atom. The molecule has 0 spiro atoms. The maximum atomic E-state index is 12.9. The summed E-state index contributed by atoms with van der Waals surface area (Å²) in [4.78, 5) is 17.9. The van der Waals surface area contributed by atoms with Gasteiger partial charge >= 0.3 is 0 Å². The summed E-state index contributed by atoms with van der Waals surface area (Å²) in [6, 6.07) is 22.1. The summed E-state index contributed by atoms with van der Waals surface area (Å²) >= 11 is 0. The van der Waals surface area contributed by atoms with E-state index in [-0.39, 0.29) is 23.8 Å². The first-order chi connectivity index (χ1) is 16.3. The number of carbonyl (C=O) groups is 1. The Balaban J connectivity index is 1.50. The van der Waals surface area contributed by atoms with Crippen LogP contribution < -0.4 is 10.0 Å². The molecule has 3 aromatic carbocycles. The normalized spacial score (nSPS) is 12.6. The lowest BCUT2D eigenvalue weighted by atomic mass is 10.1. The molecule has 34 heavy (non-hydrogen) atoms. The Morgan fingerprint density at radius 2 is 1.71 bits per heavy atom. The van der Waals surface area contributed by atoms with Crippen molar-refractivity contribution in [1.82, 2.24) is 19.6 Å². The molecular weight excluding hydrogens is 448 g/mol. The number of aromatic nitrogens is 2. The molecule has 0 fully saturated rings. The lowest BCUT2D eigenvalue weighted by Gasteiger charge is -2.19. The minimum Gasteiger partial charge on any atom is -0.342 e. The molecule has 4 rings (SSSR count). The maximum Gasteiger partial charge on any atom is 0.240 e. The minimum atomic E-state index is -3.71. The van der Waals surface area contributed by atoms with Gasteiger partial charge in [-0.05, 0) is 43.2 Å². The van der Waals surface area contributed by atoms with Crippen LogP contribution in [0.2, 0.25) is 0 Å². The highest BCUT2D eigenvalue weighted by Gasteiger charge is 2.23. The molecule has 0 bridgehead atoms. The van der Waals surface area contributed by atoms with Crippen molar-refractivity contribution in [3.63, 3.8) is 0 Å². The molecule has 7 nitrogen and oxygen atoms in total. The zero-order valence-corrected chi connectivity index (χ0v) is 20.3. The van der Waals surface area contributed by atoms with Gasteiger partial charge in [0.1, 0.15) is 11.9 Å². The third kappa shape index (κ3) is 5.03. The van der Waals surface area contributed by atoms with Crippen LogP contribution in [-0.2, 0) is 21.9 Å². The summed E-state index contributed by atoms with van der Waals surface area (Å²) in [6.45, 7) is 3.66. The average molecular weight is 477 g/mol. The number of rotatable bonds is 8. The first kappa shape index (κ1) is 23.7. The van der Waals surface area contributed by atoms with E-state index >= 15 is 0 Å². The minimum absolute atomic E-state index is 0.00256. The molecule has 4 aromatic rings. The zero-order chi connectivity index (χ0) is 24.3. The van der Waals surface area contributed by atoms with E-state index < -0.39 is 16.1 Å². The first-order valence-electron chi connectivity index (χ1n) is 11.1. The quantitative estimate of drug-likeness (QED) is 0.405. The molecule has 8 heteroatoms. The van der Waals surface area contributed by atoms with E-state index in [1.165, 1.54) is 0 Å². The molecule has 0 aliphatic rings. The summed E-state index contributed by atoms with van der Waals surface area (Å²) in [5, 5.41) is 3.04. The van der Waals surface area contributed by atoms with Crippen LogP contribution in [0.1, 0.15) is 35.0 Å². The van der Waals surface area contributed by atoms with Crippen LogP contribution in [0.5, 0.6) is 0 Å². The summed E-state index contributed by atoms with van der Waals surface area (Å²) in [5.41, 5.74) is 4.36. The highest BCUT2D eigenvalue weighted by Crippen LogP contribution is 2.25. The van der Waals surface area contributed by atoms with Crippen molar-refractivity contribution in [2.75, 3.05) is 6.54 Å². The van der Waals surface area contributed by atoms with Gasteiger partial charge in [0.2, 0.25) is 15.9 Å². The number of hydrogen-bond acceptors (Lipinski definition) is 4. The molecule has 0 aliphatic carbocycles. The second-order valence-electron chi connectivity index (χ2n) is 8.35. The van der Waals surface area contributed by atoms with Crippen LogP contribution in [0.25, 0.3) is 11.0 Å². The Kier molecular flexibility index (Phi) is 6.81. The van der Waals surface area contributed by atoms with Crippen molar-refractivity contribution in [2.45, 2.75) is 31.2 Å². The maximum absolute atomic E-state index is 12.9. The van der Waals surface area contributed by atoms with Crippen LogP contribution in [-0.4, -0.2) is 30.4 Å². The van der Waals surface area contributed by atoms with E-state index in [0.29, 0.717) is 11.4 Å². The van der Waals surface area contributed by atoms with Crippen molar-refractivity contribution in [1.29, 1.82) is 0 Å². The molecule has 0 radical (unpaired) electrons. The number of nitrogens with one attached hydrogen (secondary N) is 2. The fourth-order valence-corrected chi connectivity index (χ4v) is 5.33. The topological polar surface area (TPSA) is 93.1 Å². The van der Waals surface area contributed by atoms with E-state index in [1.54, 1.807) is 19.1 Å². The number of nitrogens with zero attached hydrogens (tertiary/aromatic N) is 2. The van der Waals surface area contributed by atoms with E-state index in [9.17, 15) is 13.2 Å². The van der Waals surface area contributed by atoms with Gasteiger partial charge in [-0.15, -0.1) is 0 Å². The molecule has 1 atom stereocenters. The fraction of sp³-hybridized carbons (Fsp3) is 0.231. The fourth-order valence-electron chi connectivity index (χ4n) is 4.08. The zero-order valence-electron chi connectivity index (χ0n) is 19.4. The number of amides is 1.